The molecule has 1 amide bonds. The van der Waals surface area contributed by atoms with E-state index < -0.39 is 11.8 Å². The maximum absolute atomic E-state index is 12.7. The molecule has 0 saturated carbocycles. The Hall–Kier alpha value is -3.64. The van der Waals surface area contributed by atoms with Gasteiger partial charge in [0.2, 0.25) is 0 Å². The Morgan fingerprint density at radius 2 is 1.62 bits per heavy atom. The fourth-order valence-electron chi connectivity index (χ4n) is 3.49. The Kier molecular flexibility index (Phi) is 6.52. The van der Waals surface area contributed by atoms with E-state index >= 15 is 0 Å². The smallest absolute Gasteiger partial charge is 0.407 e. The SMILES string of the molecule is O=C(c1ccc(Cl)cc1)c1ccc2c(c1)oc(=O)n2C(=O)NCCCCc1ccccc1. The number of aromatic nitrogens is 1. The maximum Gasteiger partial charge on any atom is 0.428 e. The number of carbonyl (C=O) groups is 2. The predicted molar refractivity (Wildman–Crippen MR) is 124 cm³/mol. The monoisotopic (exact) mass is 448 g/mol. The second-order valence-corrected chi connectivity index (χ2v) is 7.83. The zero-order chi connectivity index (χ0) is 22.5. The van der Waals surface area contributed by atoms with Gasteiger partial charge in [-0.1, -0.05) is 41.9 Å². The Labute approximate surface area is 189 Å². The number of aryl methyl sites for hydroxylation is 1. The minimum Gasteiger partial charge on any atom is -0.407 e. The quantitative estimate of drug-likeness (QED) is 0.316. The van der Waals surface area contributed by atoms with Crippen LogP contribution in [0.4, 0.5) is 4.79 Å². The van der Waals surface area contributed by atoms with Crippen molar-refractivity contribution >= 4 is 34.5 Å². The molecule has 162 valence electrons. The molecule has 4 aromatic rings. The first-order chi connectivity index (χ1) is 15.5. The molecule has 0 bridgehead atoms. The van der Waals surface area contributed by atoms with Crippen LogP contribution in [0.25, 0.3) is 11.1 Å². The van der Waals surface area contributed by atoms with Crippen LogP contribution in [-0.2, 0) is 6.42 Å². The topological polar surface area (TPSA) is 81.3 Å². The van der Waals surface area contributed by atoms with Crippen molar-refractivity contribution in [2.45, 2.75) is 19.3 Å². The number of hydrogen-bond donors (Lipinski definition) is 1. The van der Waals surface area contributed by atoms with Gasteiger partial charge in [-0.2, -0.15) is 4.57 Å². The lowest BCUT2D eigenvalue weighted by Gasteiger charge is -2.06. The number of ketones is 1. The van der Waals surface area contributed by atoms with E-state index in [2.05, 4.69) is 17.4 Å². The van der Waals surface area contributed by atoms with Gasteiger partial charge in [0, 0.05) is 22.7 Å². The third-order valence-corrected chi connectivity index (χ3v) is 5.42. The van der Waals surface area contributed by atoms with E-state index in [-0.39, 0.29) is 11.4 Å². The minimum absolute atomic E-state index is 0.175. The van der Waals surface area contributed by atoms with Gasteiger partial charge in [-0.05, 0) is 67.3 Å². The van der Waals surface area contributed by atoms with Crippen LogP contribution in [0.2, 0.25) is 5.02 Å². The Bertz CT molecular complexity index is 1310. The zero-order valence-electron chi connectivity index (χ0n) is 17.2. The number of rotatable bonds is 7. The summed E-state index contributed by atoms with van der Waals surface area (Å²) in [5.74, 6) is -1.03. The van der Waals surface area contributed by atoms with Gasteiger partial charge in [0.15, 0.2) is 11.4 Å². The Morgan fingerprint density at radius 3 is 2.38 bits per heavy atom. The molecule has 32 heavy (non-hydrogen) atoms. The van der Waals surface area contributed by atoms with E-state index in [4.69, 9.17) is 16.0 Å². The molecule has 0 fully saturated rings. The minimum atomic E-state index is -0.794. The highest BCUT2D eigenvalue weighted by Crippen LogP contribution is 2.19. The summed E-state index contributed by atoms with van der Waals surface area (Å²) in [5, 5.41) is 3.29. The fraction of sp³-hybridized carbons (Fsp3) is 0.160. The molecule has 0 aliphatic rings. The number of nitrogens with zero attached hydrogens (tertiary/aromatic N) is 1. The third-order valence-electron chi connectivity index (χ3n) is 5.16. The van der Waals surface area contributed by atoms with Crippen LogP contribution in [-0.4, -0.2) is 22.9 Å². The summed E-state index contributed by atoms with van der Waals surface area (Å²) in [7, 11) is 0. The number of hydrogen-bond acceptors (Lipinski definition) is 4. The van der Waals surface area contributed by atoms with Crippen molar-refractivity contribution in [3.05, 3.63) is 105 Å². The van der Waals surface area contributed by atoms with E-state index in [0.717, 1.165) is 23.8 Å². The molecule has 0 spiro atoms. The molecule has 4 rings (SSSR count). The molecule has 0 aliphatic carbocycles. The van der Waals surface area contributed by atoms with Crippen LogP contribution in [0, 0.1) is 0 Å². The first kappa shape index (κ1) is 21.6. The molecule has 6 nitrogen and oxygen atoms in total. The highest BCUT2D eigenvalue weighted by Gasteiger charge is 2.18. The number of nitrogens with one attached hydrogen (secondary N) is 1. The molecule has 7 heteroatoms. The van der Waals surface area contributed by atoms with Gasteiger partial charge in [0.1, 0.15) is 0 Å². The number of benzene rings is 3. The van der Waals surface area contributed by atoms with E-state index in [9.17, 15) is 14.4 Å². The lowest BCUT2D eigenvalue weighted by Crippen LogP contribution is -2.34. The van der Waals surface area contributed by atoms with Gasteiger partial charge >= 0.3 is 11.8 Å². The fourth-order valence-corrected chi connectivity index (χ4v) is 3.62. The van der Waals surface area contributed by atoms with Crippen LogP contribution in [0.5, 0.6) is 0 Å². The standard InChI is InChI=1S/C25H21ClN2O4/c26-20-12-9-18(10-13-20)23(29)19-11-14-21-22(16-19)32-25(31)28(21)24(30)27-15-5-4-8-17-6-2-1-3-7-17/h1-3,6-7,9-14,16H,4-5,8,15H2,(H,27,30). The number of oxazole rings is 1. The normalized spacial score (nSPS) is 10.9. The second kappa shape index (κ2) is 9.66. The number of halogens is 1. The predicted octanol–water partition coefficient (Wildman–Crippen LogP) is 5.06. The van der Waals surface area contributed by atoms with Crippen molar-refractivity contribution in [1.29, 1.82) is 0 Å². The van der Waals surface area contributed by atoms with Crippen molar-refractivity contribution in [1.82, 2.24) is 9.88 Å². The van der Waals surface area contributed by atoms with Crippen molar-refractivity contribution in [3.8, 4) is 0 Å². The highest BCUT2D eigenvalue weighted by molar-refractivity contribution is 6.30. The highest BCUT2D eigenvalue weighted by atomic mass is 35.5. The summed E-state index contributed by atoms with van der Waals surface area (Å²) in [6, 6.07) is 20.7. The van der Waals surface area contributed by atoms with E-state index in [1.807, 2.05) is 18.2 Å². The molecule has 1 heterocycles. The van der Waals surface area contributed by atoms with Crippen molar-refractivity contribution in [3.63, 3.8) is 0 Å². The van der Waals surface area contributed by atoms with Gasteiger partial charge in [-0.15, -0.1) is 0 Å². The second-order valence-electron chi connectivity index (χ2n) is 7.40. The average Bonchev–Trinajstić information content (AvgIpc) is 3.14. The molecule has 0 saturated heterocycles. The first-order valence-electron chi connectivity index (χ1n) is 10.3. The van der Waals surface area contributed by atoms with Crippen molar-refractivity contribution in [2.24, 2.45) is 0 Å². The van der Waals surface area contributed by atoms with Gasteiger partial charge in [-0.3, -0.25) is 4.79 Å². The Balaban J connectivity index is 1.42. The lowest BCUT2D eigenvalue weighted by atomic mass is 10.0. The molecule has 0 aliphatic heterocycles. The molecule has 0 radical (unpaired) electrons. The Morgan fingerprint density at radius 1 is 0.906 bits per heavy atom. The lowest BCUT2D eigenvalue weighted by molar-refractivity contribution is 0.103. The summed E-state index contributed by atoms with van der Waals surface area (Å²) < 4.78 is 6.17. The summed E-state index contributed by atoms with van der Waals surface area (Å²) >= 11 is 5.87. The summed E-state index contributed by atoms with van der Waals surface area (Å²) in [4.78, 5) is 37.5. The molecular formula is C25H21ClN2O4. The van der Waals surface area contributed by atoms with E-state index in [1.54, 1.807) is 36.4 Å². The number of carbonyl (C=O) groups excluding carboxylic acids is 2. The molecule has 0 unspecified atom stereocenters. The van der Waals surface area contributed by atoms with Crippen molar-refractivity contribution < 1.29 is 14.0 Å². The van der Waals surface area contributed by atoms with Crippen molar-refractivity contribution in [2.75, 3.05) is 6.54 Å². The number of unbranched alkanes of at least 4 members (excludes halogenated alkanes) is 1. The summed E-state index contributed by atoms with van der Waals surface area (Å²) in [5.41, 5.74) is 2.55. The van der Waals surface area contributed by atoms with E-state index in [1.165, 1.54) is 11.6 Å². The molecule has 1 aromatic heterocycles. The number of fused-ring (bicyclic) bond motifs is 1. The average molecular weight is 449 g/mol. The van der Waals surface area contributed by atoms with Gasteiger partial charge in [0.25, 0.3) is 0 Å². The molecule has 0 atom stereocenters. The maximum atomic E-state index is 12.7. The van der Waals surface area contributed by atoms with Crippen LogP contribution in [0.1, 0.15) is 34.3 Å². The summed E-state index contributed by atoms with van der Waals surface area (Å²) in [6.45, 7) is 0.442. The van der Waals surface area contributed by atoms with Crippen LogP contribution in [0.3, 0.4) is 0 Å². The number of amides is 1. The van der Waals surface area contributed by atoms with Crippen LogP contribution in [0.15, 0.2) is 82.0 Å². The third kappa shape index (κ3) is 4.81. The van der Waals surface area contributed by atoms with E-state index in [0.29, 0.717) is 28.2 Å². The first-order valence-corrected chi connectivity index (χ1v) is 10.7. The van der Waals surface area contributed by atoms with Gasteiger partial charge in [0.05, 0.1) is 5.52 Å². The van der Waals surface area contributed by atoms with Gasteiger partial charge < -0.3 is 9.73 Å². The molecule has 1 N–H and O–H groups in total. The largest absolute Gasteiger partial charge is 0.428 e. The zero-order valence-corrected chi connectivity index (χ0v) is 18.0. The molecule has 3 aromatic carbocycles. The van der Waals surface area contributed by atoms with Gasteiger partial charge in [-0.25, -0.2) is 9.59 Å². The van der Waals surface area contributed by atoms with Crippen LogP contribution < -0.4 is 11.1 Å². The molecular weight excluding hydrogens is 428 g/mol. The van der Waals surface area contributed by atoms with Crippen LogP contribution >= 0.6 is 11.6 Å². The summed E-state index contributed by atoms with van der Waals surface area (Å²) in [6.07, 6.45) is 2.63.